The molecule has 0 bridgehead atoms. The molecule has 0 heterocycles. The van der Waals surface area contributed by atoms with E-state index in [4.69, 9.17) is 9.47 Å². The number of aliphatic hydroxyl groups excluding tert-OH is 1. The number of hydrogen-bond donors (Lipinski definition) is 1. The van der Waals surface area contributed by atoms with E-state index < -0.39 is 6.10 Å². The van der Waals surface area contributed by atoms with Gasteiger partial charge in [-0.3, -0.25) is 4.90 Å². The van der Waals surface area contributed by atoms with Gasteiger partial charge in [0.2, 0.25) is 0 Å². The lowest BCUT2D eigenvalue weighted by atomic mass is 10.2. The third-order valence-electron chi connectivity index (χ3n) is 3.27. The average molecular weight is 301 g/mol. The summed E-state index contributed by atoms with van der Waals surface area (Å²) in [4.78, 5) is 2.05. The van der Waals surface area contributed by atoms with Gasteiger partial charge in [-0.15, -0.1) is 0 Å². The van der Waals surface area contributed by atoms with Crippen LogP contribution in [0.1, 0.15) is 5.56 Å². The van der Waals surface area contributed by atoms with E-state index in [-0.39, 0.29) is 0 Å². The van der Waals surface area contributed by atoms with E-state index in [2.05, 4.69) is 4.90 Å². The molecule has 4 heteroatoms. The maximum absolute atomic E-state index is 9.80. The highest BCUT2D eigenvalue weighted by Gasteiger charge is 2.11. The molecule has 0 aliphatic heterocycles. The normalized spacial score (nSPS) is 12.4. The van der Waals surface area contributed by atoms with Gasteiger partial charge in [-0.1, -0.05) is 36.4 Å². The first-order valence-electron chi connectivity index (χ1n) is 7.35. The minimum Gasteiger partial charge on any atom is -0.457 e. The van der Waals surface area contributed by atoms with Crippen LogP contribution >= 0.6 is 0 Å². The van der Waals surface area contributed by atoms with Crippen LogP contribution in [0.4, 0.5) is 0 Å². The molecule has 2 rings (SSSR count). The van der Waals surface area contributed by atoms with Gasteiger partial charge in [-0.2, -0.15) is 0 Å². The number of benzene rings is 2. The molecule has 1 atom stereocenters. The number of rotatable bonds is 8. The summed E-state index contributed by atoms with van der Waals surface area (Å²) in [5, 5.41) is 9.80. The zero-order chi connectivity index (χ0) is 15.8. The van der Waals surface area contributed by atoms with Crippen LogP contribution in [0.5, 0.6) is 11.5 Å². The van der Waals surface area contributed by atoms with Crippen LogP contribution in [0.2, 0.25) is 0 Å². The van der Waals surface area contributed by atoms with E-state index in [9.17, 15) is 5.11 Å². The first-order chi connectivity index (χ1) is 10.7. The van der Waals surface area contributed by atoms with Crippen LogP contribution in [-0.2, 0) is 11.3 Å². The highest BCUT2D eigenvalue weighted by Crippen LogP contribution is 2.25. The first kappa shape index (κ1) is 16.5. The van der Waals surface area contributed by atoms with Crippen molar-refractivity contribution in [2.75, 3.05) is 27.3 Å². The van der Waals surface area contributed by atoms with E-state index in [1.807, 2.05) is 61.6 Å². The Morgan fingerprint density at radius 1 is 1.05 bits per heavy atom. The van der Waals surface area contributed by atoms with Crippen molar-refractivity contribution in [2.45, 2.75) is 12.6 Å². The second-order valence-electron chi connectivity index (χ2n) is 5.33. The molecule has 1 N–H and O–H groups in total. The SMILES string of the molecule is COCC(O)CN(C)Cc1ccccc1Oc1ccccc1. The van der Waals surface area contributed by atoms with Crippen molar-refractivity contribution in [3.63, 3.8) is 0 Å². The molecule has 1 unspecified atom stereocenters. The van der Waals surface area contributed by atoms with Crippen LogP contribution < -0.4 is 4.74 Å². The molecule has 0 fully saturated rings. The van der Waals surface area contributed by atoms with Crippen molar-refractivity contribution in [3.05, 3.63) is 60.2 Å². The van der Waals surface area contributed by atoms with Crippen molar-refractivity contribution >= 4 is 0 Å². The van der Waals surface area contributed by atoms with Gasteiger partial charge in [0, 0.05) is 25.8 Å². The van der Waals surface area contributed by atoms with Crippen LogP contribution in [0, 0.1) is 0 Å². The van der Waals surface area contributed by atoms with Gasteiger partial charge >= 0.3 is 0 Å². The van der Waals surface area contributed by atoms with Gasteiger partial charge < -0.3 is 14.6 Å². The Morgan fingerprint density at radius 2 is 1.73 bits per heavy atom. The Balaban J connectivity index is 2.02. The zero-order valence-electron chi connectivity index (χ0n) is 13.1. The number of hydrogen-bond acceptors (Lipinski definition) is 4. The maximum Gasteiger partial charge on any atom is 0.131 e. The predicted molar refractivity (Wildman–Crippen MR) is 87.2 cm³/mol. The number of aliphatic hydroxyl groups is 1. The topological polar surface area (TPSA) is 41.9 Å². The van der Waals surface area contributed by atoms with Gasteiger partial charge in [0.05, 0.1) is 12.7 Å². The summed E-state index contributed by atoms with van der Waals surface area (Å²) in [6.07, 6.45) is -0.489. The highest BCUT2D eigenvalue weighted by atomic mass is 16.5. The van der Waals surface area contributed by atoms with Crippen molar-refractivity contribution in [3.8, 4) is 11.5 Å². The molecule has 2 aromatic carbocycles. The van der Waals surface area contributed by atoms with E-state index in [0.717, 1.165) is 17.1 Å². The molecule has 0 saturated heterocycles. The minimum atomic E-state index is -0.489. The maximum atomic E-state index is 9.80. The van der Waals surface area contributed by atoms with Crippen molar-refractivity contribution < 1.29 is 14.6 Å². The van der Waals surface area contributed by atoms with Crippen LogP contribution in [0.25, 0.3) is 0 Å². The fourth-order valence-electron chi connectivity index (χ4n) is 2.31. The molecule has 0 aromatic heterocycles. The standard InChI is InChI=1S/C18H23NO3/c1-19(13-16(20)14-21-2)12-15-8-6-7-11-18(15)22-17-9-4-3-5-10-17/h3-11,16,20H,12-14H2,1-2H3. The molecule has 0 saturated carbocycles. The van der Waals surface area contributed by atoms with Crippen LogP contribution in [0.15, 0.2) is 54.6 Å². The average Bonchev–Trinajstić information content (AvgIpc) is 2.50. The van der Waals surface area contributed by atoms with Gasteiger partial charge in [-0.25, -0.2) is 0 Å². The van der Waals surface area contributed by atoms with Gasteiger partial charge in [-0.05, 0) is 25.2 Å². The van der Waals surface area contributed by atoms with Gasteiger partial charge in [0.25, 0.3) is 0 Å². The van der Waals surface area contributed by atoms with Crippen molar-refractivity contribution in [1.82, 2.24) is 4.90 Å². The molecule has 0 amide bonds. The molecule has 0 aliphatic carbocycles. The number of ether oxygens (including phenoxy) is 2. The minimum absolute atomic E-state index is 0.340. The summed E-state index contributed by atoms with van der Waals surface area (Å²) < 4.78 is 10.9. The highest BCUT2D eigenvalue weighted by molar-refractivity contribution is 5.37. The molecule has 22 heavy (non-hydrogen) atoms. The molecular weight excluding hydrogens is 278 g/mol. The third kappa shape index (κ3) is 5.15. The molecule has 118 valence electrons. The van der Waals surface area contributed by atoms with Crippen LogP contribution in [0.3, 0.4) is 0 Å². The zero-order valence-corrected chi connectivity index (χ0v) is 13.1. The Labute approximate surface area is 131 Å². The van der Waals surface area contributed by atoms with Crippen molar-refractivity contribution in [1.29, 1.82) is 0 Å². The molecule has 0 radical (unpaired) electrons. The van der Waals surface area contributed by atoms with E-state index >= 15 is 0 Å². The summed E-state index contributed by atoms with van der Waals surface area (Å²) in [6.45, 7) is 1.59. The lowest BCUT2D eigenvalue weighted by molar-refractivity contribution is 0.0418. The number of methoxy groups -OCH3 is 1. The molecule has 0 aliphatic rings. The molecular formula is C18H23NO3. The number of para-hydroxylation sites is 2. The Kier molecular flexibility index (Phi) is 6.40. The van der Waals surface area contributed by atoms with E-state index in [0.29, 0.717) is 19.7 Å². The predicted octanol–water partition coefficient (Wildman–Crippen LogP) is 2.92. The largest absolute Gasteiger partial charge is 0.457 e. The first-order valence-corrected chi connectivity index (χ1v) is 7.35. The van der Waals surface area contributed by atoms with Gasteiger partial charge in [0.15, 0.2) is 0 Å². The molecule has 0 spiro atoms. The summed E-state index contributed by atoms with van der Waals surface area (Å²) >= 11 is 0. The monoisotopic (exact) mass is 301 g/mol. The second-order valence-corrected chi connectivity index (χ2v) is 5.33. The summed E-state index contributed by atoms with van der Waals surface area (Å²) in [5.41, 5.74) is 1.08. The van der Waals surface area contributed by atoms with Crippen LogP contribution in [-0.4, -0.2) is 43.4 Å². The second kappa shape index (κ2) is 8.54. The fraction of sp³-hybridized carbons (Fsp3) is 0.333. The lowest BCUT2D eigenvalue weighted by Gasteiger charge is -2.21. The van der Waals surface area contributed by atoms with E-state index in [1.165, 1.54) is 0 Å². The quantitative estimate of drug-likeness (QED) is 0.814. The van der Waals surface area contributed by atoms with E-state index in [1.54, 1.807) is 7.11 Å². The lowest BCUT2D eigenvalue weighted by Crippen LogP contribution is -2.31. The third-order valence-corrected chi connectivity index (χ3v) is 3.27. The Morgan fingerprint density at radius 3 is 2.45 bits per heavy atom. The molecule has 4 nitrogen and oxygen atoms in total. The summed E-state index contributed by atoms with van der Waals surface area (Å²) in [6, 6.07) is 17.7. The summed E-state index contributed by atoms with van der Waals surface area (Å²) in [7, 11) is 3.56. The smallest absolute Gasteiger partial charge is 0.131 e. The Hall–Kier alpha value is -1.88. The summed E-state index contributed by atoms with van der Waals surface area (Å²) in [5.74, 6) is 1.65. The Bertz CT molecular complexity index is 559. The fourth-order valence-corrected chi connectivity index (χ4v) is 2.31. The number of nitrogens with zero attached hydrogens (tertiary/aromatic N) is 1. The number of likely N-dealkylation sites (N-methyl/N-ethyl adjacent to an activating group) is 1. The van der Waals surface area contributed by atoms with Gasteiger partial charge in [0.1, 0.15) is 11.5 Å². The molecule has 2 aromatic rings. The van der Waals surface area contributed by atoms with Crippen molar-refractivity contribution in [2.24, 2.45) is 0 Å².